The highest BCUT2D eigenvalue weighted by Gasteiger charge is 2.37. The number of hydrogen-bond acceptors (Lipinski definition) is 6. The quantitative estimate of drug-likeness (QED) is 0.150. The fourth-order valence-electron chi connectivity index (χ4n) is 5.18. The van der Waals surface area contributed by atoms with Crippen LogP contribution in [0.5, 0.6) is 5.75 Å². The normalized spacial score (nSPS) is 22.9. The first-order chi connectivity index (χ1) is 16.2. The van der Waals surface area contributed by atoms with Crippen LogP contribution in [0.4, 0.5) is 0 Å². The molecule has 34 heavy (non-hydrogen) atoms. The number of ketones is 2. The van der Waals surface area contributed by atoms with Gasteiger partial charge in [-0.25, -0.2) is 0 Å². The zero-order valence-electron chi connectivity index (χ0n) is 20.9. The molecule has 0 bridgehead atoms. The molecule has 1 aliphatic carbocycles. The van der Waals surface area contributed by atoms with Gasteiger partial charge in [0.15, 0.2) is 5.78 Å². The number of rotatable bonds is 11. The molecular weight excluding hydrogens is 429 g/mol. The molecule has 8 heteroatoms. The minimum atomic E-state index is -1.06. The highest BCUT2D eigenvalue weighted by molar-refractivity contribution is 6.47. The summed E-state index contributed by atoms with van der Waals surface area (Å²) < 4.78 is 5.68. The molecule has 1 aromatic rings. The van der Waals surface area contributed by atoms with E-state index in [1.54, 1.807) is 6.07 Å². The molecule has 0 spiro atoms. The van der Waals surface area contributed by atoms with E-state index in [9.17, 15) is 14.6 Å². The van der Waals surface area contributed by atoms with Crippen LogP contribution < -0.4 is 15.7 Å². The molecule has 7 nitrogen and oxygen atoms in total. The first kappa shape index (κ1) is 26.4. The molecule has 0 amide bonds. The molecule has 1 aromatic carbocycles. The van der Waals surface area contributed by atoms with Crippen molar-refractivity contribution < 1.29 is 19.3 Å². The Kier molecular flexibility index (Phi) is 9.71. The van der Waals surface area contributed by atoms with Gasteiger partial charge in [-0.1, -0.05) is 12.1 Å². The Bertz CT molecular complexity index is 881. The summed E-state index contributed by atoms with van der Waals surface area (Å²) in [6.45, 7) is 6.49. The van der Waals surface area contributed by atoms with E-state index < -0.39 is 7.12 Å². The third kappa shape index (κ3) is 7.67. The van der Waals surface area contributed by atoms with Crippen molar-refractivity contribution >= 4 is 24.5 Å². The topological polar surface area (TPSA) is 114 Å². The molecule has 1 fully saturated rings. The van der Waals surface area contributed by atoms with Crippen LogP contribution >= 0.6 is 0 Å². The third-order valence-corrected chi connectivity index (χ3v) is 6.92. The SMILES string of the molecule is CC(=O)c1cccc2c1OB(O)[C@@H](CC(=O)CC1CCC(NCCCC(N)=NC(C)C)CC1)C2. The lowest BCUT2D eigenvalue weighted by atomic mass is 9.64. The number of Topliss-reactive ketones (excluding diaryl/α,β-unsaturated/α-hetero) is 2. The minimum absolute atomic E-state index is 0.0900. The van der Waals surface area contributed by atoms with Gasteiger partial charge in [-0.3, -0.25) is 14.6 Å². The first-order valence-corrected chi connectivity index (χ1v) is 12.8. The van der Waals surface area contributed by atoms with Gasteiger partial charge in [0.25, 0.3) is 0 Å². The zero-order chi connectivity index (χ0) is 24.7. The lowest BCUT2D eigenvalue weighted by molar-refractivity contribution is -0.120. The van der Waals surface area contributed by atoms with Crippen LogP contribution in [-0.4, -0.2) is 48.2 Å². The van der Waals surface area contributed by atoms with E-state index in [-0.39, 0.29) is 23.4 Å². The molecule has 3 rings (SSSR count). The summed E-state index contributed by atoms with van der Waals surface area (Å²) in [7, 11) is -1.06. The van der Waals surface area contributed by atoms with Gasteiger partial charge in [-0.15, -0.1) is 0 Å². The Hall–Kier alpha value is -2.19. The Morgan fingerprint density at radius 3 is 2.65 bits per heavy atom. The lowest BCUT2D eigenvalue weighted by Gasteiger charge is -2.30. The molecule has 1 atom stereocenters. The molecule has 0 aromatic heterocycles. The molecule has 4 N–H and O–H groups in total. The molecule has 0 radical (unpaired) electrons. The van der Waals surface area contributed by atoms with Gasteiger partial charge >= 0.3 is 7.12 Å². The summed E-state index contributed by atoms with van der Waals surface area (Å²) in [6, 6.07) is 6.20. The smallest absolute Gasteiger partial charge is 0.526 e. The Balaban J connectivity index is 1.38. The van der Waals surface area contributed by atoms with Crippen molar-refractivity contribution in [2.75, 3.05) is 6.54 Å². The minimum Gasteiger partial charge on any atom is -0.535 e. The first-order valence-electron chi connectivity index (χ1n) is 12.8. The van der Waals surface area contributed by atoms with Gasteiger partial charge < -0.3 is 20.7 Å². The number of aliphatic imine (C=N–C) groups is 1. The molecule has 1 heterocycles. The molecule has 0 saturated heterocycles. The number of carbonyl (C=O) groups excluding carboxylic acids is 2. The van der Waals surface area contributed by atoms with E-state index in [2.05, 4.69) is 10.3 Å². The van der Waals surface area contributed by atoms with Crippen molar-refractivity contribution in [2.45, 2.75) is 96.5 Å². The van der Waals surface area contributed by atoms with Crippen LogP contribution in [-0.2, 0) is 11.2 Å². The van der Waals surface area contributed by atoms with Crippen LogP contribution in [0.2, 0.25) is 5.82 Å². The molecule has 2 aliphatic rings. The largest absolute Gasteiger partial charge is 0.535 e. The van der Waals surface area contributed by atoms with Crippen LogP contribution in [0, 0.1) is 5.92 Å². The van der Waals surface area contributed by atoms with Crippen molar-refractivity contribution in [2.24, 2.45) is 16.6 Å². The number of amidine groups is 1. The maximum Gasteiger partial charge on any atom is 0.526 e. The van der Waals surface area contributed by atoms with Gasteiger partial charge in [0.05, 0.1) is 11.4 Å². The van der Waals surface area contributed by atoms with E-state index in [4.69, 9.17) is 10.4 Å². The van der Waals surface area contributed by atoms with Gasteiger partial charge in [-0.05, 0) is 83.4 Å². The van der Waals surface area contributed by atoms with Gasteiger partial charge in [0.2, 0.25) is 0 Å². The Labute approximate surface area is 204 Å². The summed E-state index contributed by atoms with van der Waals surface area (Å²) in [5.41, 5.74) is 7.30. The zero-order valence-corrected chi connectivity index (χ0v) is 20.9. The number of nitrogens with two attached hydrogens (primary N) is 1. The fourth-order valence-corrected chi connectivity index (χ4v) is 5.18. The predicted molar refractivity (Wildman–Crippen MR) is 136 cm³/mol. The summed E-state index contributed by atoms with van der Waals surface area (Å²) in [5.74, 6) is 1.44. The van der Waals surface area contributed by atoms with Crippen molar-refractivity contribution in [3.8, 4) is 5.75 Å². The number of hydrogen-bond donors (Lipinski definition) is 3. The van der Waals surface area contributed by atoms with E-state index in [1.165, 1.54) is 6.92 Å². The number of benzene rings is 1. The second kappa shape index (κ2) is 12.5. The van der Waals surface area contributed by atoms with Crippen LogP contribution in [0.15, 0.2) is 23.2 Å². The van der Waals surface area contributed by atoms with Gasteiger partial charge in [0.1, 0.15) is 11.5 Å². The van der Waals surface area contributed by atoms with E-state index >= 15 is 0 Å². The molecule has 0 unspecified atom stereocenters. The number of carbonyl (C=O) groups is 2. The summed E-state index contributed by atoms with van der Waals surface area (Å²) >= 11 is 0. The second-order valence-electron chi connectivity index (χ2n) is 10.3. The number of nitrogens with zero attached hydrogens (tertiary/aromatic N) is 1. The van der Waals surface area contributed by atoms with Crippen LogP contribution in [0.1, 0.15) is 88.1 Å². The monoisotopic (exact) mass is 469 g/mol. The number of fused-ring (bicyclic) bond motifs is 1. The number of nitrogens with one attached hydrogen (secondary N) is 1. The van der Waals surface area contributed by atoms with Gasteiger partial charge in [0, 0.05) is 37.2 Å². The summed E-state index contributed by atoms with van der Waals surface area (Å²) in [4.78, 5) is 29.0. The molecular formula is C26H40BN3O4. The van der Waals surface area contributed by atoms with E-state index in [1.807, 2.05) is 26.0 Å². The fraction of sp³-hybridized carbons (Fsp3) is 0.654. The van der Waals surface area contributed by atoms with Crippen LogP contribution in [0.25, 0.3) is 0 Å². The van der Waals surface area contributed by atoms with Crippen molar-refractivity contribution in [1.82, 2.24) is 5.32 Å². The Morgan fingerprint density at radius 2 is 1.97 bits per heavy atom. The molecule has 1 aliphatic heterocycles. The average Bonchev–Trinajstić information content (AvgIpc) is 2.77. The van der Waals surface area contributed by atoms with Crippen LogP contribution in [0.3, 0.4) is 0 Å². The van der Waals surface area contributed by atoms with E-state index in [0.717, 1.165) is 56.5 Å². The van der Waals surface area contributed by atoms with E-state index in [0.29, 0.717) is 42.5 Å². The molecule has 1 saturated carbocycles. The maximum absolute atomic E-state index is 12.8. The predicted octanol–water partition coefficient (Wildman–Crippen LogP) is 3.72. The summed E-state index contributed by atoms with van der Waals surface area (Å²) in [6.07, 6.45) is 7.51. The number of para-hydroxylation sites is 1. The Morgan fingerprint density at radius 1 is 1.24 bits per heavy atom. The molecule has 186 valence electrons. The van der Waals surface area contributed by atoms with Crippen molar-refractivity contribution in [3.05, 3.63) is 29.3 Å². The van der Waals surface area contributed by atoms with Gasteiger partial charge in [-0.2, -0.15) is 0 Å². The third-order valence-electron chi connectivity index (χ3n) is 6.92. The lowest BCUT2D eigenvalue weighted by Crippen LogP contribution is -2.36. The summed E-state index contributed by atoms with van der Waals surface area (Å²) in [5, 5.41) is 14.1. The second-order valence-corrected chi connectivity index (χ2v) is 10.3. The van der Waals surface area contributed by atoms with Crippen molar-refractivity contribution in [3.63, 3.8) is 0 Å². The highest BCUT2D eigenvalue weighted by atomic mass is 16.5. The maximum atomic E-state index is 12.8. The average molecular weight is 469 g/mol. The van der Waals surface area contributed by atoms with Crippen molar-refractivity contribution in [1.29, 1.82) is 0 Å². The highest BCUT2D eigenvalue weighted by Crippen LogP contribution is 2.37. The standard InChI is InChI=1S/C26H40BN3O4/c1-17(2)30-25(28)8-5-13-29-22-11-9-19(10-12-22)14-23(32)16-21-15-20-6-4-7-24(18(3)31)26(20)34-27(21)33/h4,6-7,17,19,21-22,29,33H,5,8-16H2,1-3H3,(H2,28,30)/t19?,21-,22?/m1/s1.